The van der Waals surface area contributed by atoms with Crippen LogP contribution in [0.15, 0.2) is 48.5 Å². The van der Waals surface area contributed by atoms with E-state index >= 15 is 0 Å². The smallest absolute Gasteiger partial charge is 0.225 e. The predicted octanol–water partition coefficient (Wildman–Crippen LogP) is 4.84. The van der Waals surface area contributed by atoms with Gasteiger partial charge in [-0.1, -0.05) is 37.1 Å². The second-order valence-corrected chi connectivity index (χ2v) is 9.73. The van der Waals surface area contributed by atoms with E-state index in [4.69, 9.17) is 4.74 Å². The molecular weight excluding hydrogens is 403 g/mol. The van der Waals surface area contributed by atoms with E-state index in [1.807, 2.05) is 24.3 Å². The number of hydrogen-bond donors (Lipinski definition) is 0. The molecule has 2 aromatic carbocycles. The standard InChI is InChI=1S/C27H33FN2O2/c1-32-23-12-8-20(9-13-23)24-18-30(27(31)21-4-2-3-5-21)26-14-15-29(17-25(24)26)16-19-6-10-22(28)11-7-19/h6-13,21,24-26H,2-5,14-18H2,1H3/t24-,25-,26-/m0/s1. The highest BCUT2D eigenvalue weighted by Gasteiger charge is 2.48. The average Bonchev–Trinajstić information content (AvgIpc) is 3.49. The normalized spacial score (nSPS) is 26.3. The molecule has 2 aliphatic heterocycles. The fourth-order valence-electron chi connectivity index (χ4n) is 6.16. The first-order valence-corrected chi connectivity index (χ1v) is 12.0. The molecule has 4 nitrogen and oxygen atoms in total. The Hall–Kier alpha value is -2.40. The number of nitrogens with zero attached hydrogens (tertiary/aromatic N) is 2. The van der Waals surface area contributed by atoms with E-state index in [0.29, 0.717) is 23.8 Å². The van der Waals surface area contributed by atoms with E-state index in [1.54, 1.807) is 19.2 Å². The molecule has 3 fully saturated rings. The number of fused-ring (bicyclic) bond motifs is 1. The zero-order valence-corrected chi connectivity index (χ0v) is 18.9. The summed E-state index contributed by atoms with van der Waals surface area (Å²) in [6, 6.07) is 15.6. The van der Waals surface area contributed by atoms with Crippen molar-refractivity contribution in [2.75, 3.05) is 26.7 Å². The fourth-order valence-corrected chi connectivity index (χ4v) is 6.16. The summed E-state index contributed by atoms with van der Waals surface area (Å²) in [5.74, 6) is 2.05. The van der Waals surface area contributed by atoms with Gasteiger partial charge in [0.1, 0.15) is 11.6 Å². The van der Waals surface area contributed by atoms with Crippen molar-refractivity contribution in [2.45, 2.75) is 50.6 Å². The third-order valence-electron chi connectivity index (χ3n) is 7.87. The van der Waals surface area contributed by atoms with Crippen molar-refractivity contribution >= 4 is 5.91 Å². The van der Waals surface area contributed by atoms with Gasteiger partial charge in [0.05, 0.1) is 7.11 Å². The number of carbonyl (C=O) groups excluding carboxylic acids is 1. The number of methoxy groups -OCH3 is 1. The van der Waals surface area contributed by atoms with Crippen molar-refractivity contribution in [3.05, 3.63) is 65.5 Å². The van der Waals surface area contributed by atoms with Gasteiger partial charge in [-0.15, -0.1) is 0 Å². The second-order valence-electron chi connectivity index (χ2n) is 9.73. The molecule has 1 saturated carbocycles. The molecule has 0 radical (unpaired) electrons. The van der Waals surface area contributed by atoms with E-state index in [2.05, 4.69) is 21.9 Å². The van der Waals surface area contributed by atoms with Gasteiger partial charge in [0.15, 0.2) is 0 Å². The minimum Gasteiger partial charge on any atom is -0.497 e. The van der Waals surface area contributed by atoms with Crippen LogP contribution in [0.1, 0.15) is 49.1 Å². The molecule has 32 heavy (non-hydrogen) atoms. The number of carbonyl (C=O) groups is 1. The number of ether oxygens (including phenoxy) is 1. The van der Waals surface area contributed by atoms with E-state index in [9.17, 15) is 9.18 Å². The number of amides is 1. The van der Waals surface area contributed by atoms with Gasteiger partial charge in [0, 0.05) is 50.0 Å². The molecule has 0 aromatic heterocycles. The molecule has 2 heterocycles. The van der Waals surface area contributed by atoms with Crippen LogP contribution in [0, 0.1) is 17.7 Å². The van der Waals surface area contributed by atoms with Crippen molar-refractivity contribution < 1.29 is 13.9 Å². The second kappa shape index (κ2) is 9.22. The number of rotatable bonds is 5. The van der Waals surface area contributed by atoms with Gasteiger partial charge in [0.2, 0.25) is 5.91 Å². The molecule has 1 amide bonds. The van der Waals surface area contributed by atoms with Gasteiger partial charge in [-0.3, -0.25) is 9.69 Å². The van der Waals surface area contributed by atoms with Crippen molar-refractivity contribution in [3.63, 3.8) is 0 Å². The fraction of sp³-hybridized carbons (Fsp3) is 0.519. The van der Waals surface area contributed by atoms with Crippen LogP contribution < -0.4 is 4.74 Å². The molecule has 2 aromatic rings. The molecule has 1 aliphatic carbocycles. The first-order valence-electron chi connectivity index (χ1n) is 12.0. The van der Waals surface area contributed by atoms with Gasteiger partial charge in [0.25, 0.3) is 0 Å². The first-order chi connectivity index (χ1) is 15.6. The first kappa shape index (κ1) is 21.4. The molecule has 5 rings (SSSR count). The topological polar surface area (TPSA) is 32.8 Å². The van der Waals surface area contributed by atoms with Gasteiger partial charge in [-0.05, 0) is 54.7 Å². The maximum absolute atomic E-state index is 13.4. The van der Waals surface area contributed by atoms with Crippen LogP contribution in [0.3, 0.4) is 0 Å². The Kier molecular flexibility index (Phi) is 6.18. The lowest BCUT2D eigenvalue weighted by atomic mass is 9.81. The monoisotopic (exact) mass is 436 g/mol. The Bertz CT molecular complexity index is 924. The molecule has 2 saturated heterocycles. The highest BCUT2D eigenvalue weighted by molar-refractivity contribution is 5.80. The van der Waals surface area contributed by atoms with Crippen molar-refractivity contribution in [2.24, 2.45) is 11.8 Å². The highest BCUT2D eigenvalue weighted by atomic mass is 19.1. The molecular formula is C27H33FN2O2. The summed E-state index contributed by atoms with van der Waals surface area (Å²) < 4.78 is 18.7. The lowest BCUT2D eigenvalue weighted by Gasteiger charge is -2.39. The van der Waals surface area contributed by atoms with Crippen LogP contribution in [0.2, 0.25) is 0 Å². The van der Waals surface area contributed by atoms with E-state index < -0.39 is 0 Å². The molecule has 170 valence electrons. The largest absolute Gasteiger partial charge is 0.497 e. The van der Waals surface area contributed by atoms with E-state index in [0.717, 1.165) is 56.8 Å². The van der Waals surface area contributed by atoms with Crippen molar-refractivity contribution in [3.8, 4) is 5.75 Å². The average molecular weight is 437 g/mol. The maximum atomic E-state index is 13.4. The Morgan fingerprint density at radius 1 is 1.00 bits per heavy atom. The minimum atomic E-state index is -0.191. The zero-order valence-electron chi connectivity index (χ0n) is 18.9. The van der Waals surface area contributed by atoms with Crippen LogP contribution in [-0.4, -0.2) is 48.5 Å². The lowest BCUT2D eigenvalue weighted by Crippen LogP contribution is -2.48. The molecule has 0 unspecified atom stereocenters. The Morgan fingerprint density at radius 3 is 2.41 bits per heavy atom. The van der Waals surface area contributed by atoms with Crippen LogP contribution in [0.4, 0.5) is 4.39 Å². The summed E-state index contributed by atoms with van der Waals surface area (Å²) >= 11 is 0. The van der Waals surface area contributed by atoms with Crippen LogP contribution in [0.5, 0.6) is 5.75 Å². The molecule has 3 atom stereocenters. The molecule has 5 heteroatoms. The van der Waals surface area contributed by atoms with Crippen LogP contribution in [-0.2, 0) is 11.3 Å². The predicted molar refractivity (Wildman–Crippen MR) is 123 cm³/mol. The number of piperidine rings is 1. The zero-order chi connectivity index (χ0) is 22.1. The van der Waals surface area contributed by atoms with Gasteiger partial charge >= 0.3 is 0 Å². The quantitative estimate of drug-likeness (QED) is 0.672. The van der Waals surface area contributed by atoms with Gasteiger partial charge in [-0.25, -0.2) is 4.39 Å². The van der Waals surface area contributed by atoms with E-state index in [-0.39, 0.29) is 11.7 Å². The minimum absolute atomic E-state index is 0.191. The van der Waals surface area contributed by atoms with E-state index in [1.165, 1.54) is 18.4 Å². The lowest BCUT2D eigenvalue weighted by molar-refractivity contribution is -0.137. The van der Waals surface area contributed by atoms with Gasteiger partial charge < -0.3 is 9.64 Å². The third-order valence-corrected chi connectivity index (χ3v) is 7.87. The summed E-state index contributed by atoms with van der Waals surface area (Å²) in [4.78, 5) is 18.2. The van der Waals surface area contributed by atoms with Crippen LogP contribution in [0.25, 0.3) is 0 Å². The Labute approximate surface area is 190 Å². The Balaban J connectivity index is 1.37. The SMILES string of the molecule is COc1ccc([C@@H]2CN(C(=O)C3CCCC3)[C@H]3CCN(Cc4ccc(F)cc4)C[C@@H]23)cc1. The molecule has 3 aliphatic rings. The Morgan fingerprint density at radius 2 is 1.72 bits per heavy atom. The number of halogens is 1. The van der Waals surface area contributed by atoms with Crippen molar-refractivity contribution in [1.29, 1.82) is 0 Å². The summed E-state index contributed by atoms with van der Waals surface area (Å²) in [5.41, 5.74) is 2.44. The molecule has 0 N–H and O–H groups in total. The molecule has 0 bridgehead atoms. The van der Waals surface area contributed by atoms with Crippen LogP contribution >= 0.6 is 0 Å². The maximum Gasteiger partial charge on any atom is 0.225 e. The molecule has 0 spiro atoms. The number of likely N-dealkylation sites (tertiary alicyclic amines) is 2. The van der Waals surface area contributed by atoms with Crippen molar-refractivity contribution in [1.82, 2.24) is 9.80 Å². The third kappa shape index (κ3) is 4.27. The summed E-state index contributed by atoms with van der Waals surface area (Å²) in [6.07, 6.45) is 5.49. The van der Waals surface area contributed by atoms with Gasteiger partial charge in [-0.2, -0.15) is 0 Å². The summed E-state index contributed by atoms with van der Waals surface area (Å²) in [5, 5.41) is 0. The summed E-state index contributed by atoms with van der Waals surface area (Å²) in [7, 11) is 1.69. The highest BCUT2D eigenvalue weighted by Crippen LogP contribution is 2.43. The number of benzene rings is 2. The number of hydrogen-bond acceptors (Lipinski definition) is 3. The summed E-state index contributed by atoms with van der Waals surface area (Å²) in [6.45, 7) is 3.59.